The van der Waals surface area contributed by atoms with Crippen LogP contribution in [0, 0.1) is 12.7 Å². The van der Waals surface area contributed by atoms with E-state index in [0.717, 1.165) is 35.4 Å². The number of hydrogen-bond acceptors (Lipinski definition) is 5. The summed E-state index contributed by atoms with van der Waals surface area (Å²) in [7, 11) is 0. The maximum absolute atomic E-state index is 13.7. The summed E-state index contributed by atoms with van der Waals surface area (Å²) in [4.78, 5) is 8.59. The Hall–Kier alpha value is -3.48. The number of phenolic OH excluding ortho intramolecular Hbond substituents is 1. The fourth-order valence-electron chi connectivity index (χ4n) is 3.79. The van der Waals surface area contributed by atoms with Crippen molar-refractivity contribution < 1.29 is 9.50 Å². The number of pyridine rings is 1. The van der Waals surface area contributed by atoms with Crippen LogP contribution >= 0.6 is 0 Å². The number of nitrogens with zero attached hydrogens (tertiary/aromatic N) is 4. The van der Waals surface area contributed by atoms with Crippen LogP contribution in [0.4, 0.5) is 10.2 Å². The molecule has 0 unspecified atom stereocenters. The average molecular weight is 375 g/mol. The molecule has 0 fully saturated rings. The molecule has 2 N–H and O–H groups in total. The summed E-state index contributed by atoms with van der Waals surface area (Å²) in [5, 5.41) is 17.7. The Balaban J connectivity index is 1.54. The highest BCUT2D eigenvalue weighted by molar-refractivity contribution is 5.67. The van der Waals surface area contributed by atoms with Crippen molar-refractivity contribution in [3.63, 3.8) is 0 Å². The van der Waals surface area contributed by atoms with Crippen LogP contribution < -0.4 is 5.32 Å². The lowest BCUT2D eigenvalue weighted by molar-refractivity contribution is 0.474. The number of nitrogens with one attached hydrogen (secondary N) is 1. The van der Waals surface area contributed by atoms with Crippen molar-refractivity contribution in [2.45, 2.75) is 25.8 Å². The number of aromatic hydroxyl groups is 1. The van der Waals surface area contributed by atoms with Gasteiger partial charge >= 0.3 is 0 Å². The number of aromatic nitrogens is 4. The molecule has 7 heteroatoms. The molecule has 4 aromatic rings. The Morgan fingerprint density at radius 3 is 2.82 bits per heavy atom. The summed E-state index contributed by atoms with van der Waals surface area (Å²) in [5.74, 6) is 0.679. The van der Waals surface area contributed by atoms with Crippen molar-refractivity contribution in [2.24, 2.45) is 0 Å². The highest BCUT2D eigenvalue weighted by atomic mass is 19.1. The highest BCUT2D eigenvalue weighted by Gasteiger charge is 2.23. The number of rotatable bonds is 3. The molecule has 6 nitrogen and oxygen atoms in total. The quantitative estimate of drug-likeness (QED) is 0.573. The second-order valence-electron chi connectivity index (χ2n) is 7.18. The fourth-order valence-corrected chi connectivity index (χ4v) is 3.79. The van der Waals surface area contributed by atoms with Gasteiger partial charge in [-0.15, -0.1) is 0 Å². The molecule has 3 heterocycles. The smallest absolute Gasteiger partial charge is 0.160 e. The first kappa shape index (κ1) is 16.7. The topological polar surface area (TPSA) is 75.3 Å². The third kappa shape index (κ3) is 2.85. The maximum atomic E-state index is 13.7. The summed E-state index contributed by atoms with van der Waals surface area (Å²) in [5.41, 5.74) is 5.29. The van der Waals surface area contributed by atoms with Crippen molar-refractivity contribution >= 4 is 11.5 Å². The van der Waals surface area contributed by atoms with Crippen molar-refractivity contribution in [1.82, 2.24) is 19.6 Å². The molecular weight excluding hydrogens is 357 g/mol. The Morgan fingerprint density at radius 2 is 1.96 bits per heavy atom. The number of halogens is 1. The molecule has 1 aliphatic rings. The molecular formula is C21H18FN5O. The zero-order valence-electron chi connectivity index (χ0n) is 15.2. The van der Waals surface area contributed by atoms with Gasteiger partial charge in [0.15, 0.2) is 5.65 Å². The molecule has 1 aliphatic carbocycles. The average Bonchev–Trinajstić information content (AvgIpc) is 3.24. The van der Waals surface area contributed by atoms with Gasteiger partial charge in [-0.3, -0.25) is 4.98 Å². The van der Waals surface area contributed by atoms with E-state index in [9.17, 15) is 9.50 Å². The molecule has 0 saturated heterocycles. The molecule has 0 saturated carbocycles. The standard InChI is InChI=1S/C21H18FN5O/c1-12-9-24-27-20(25-17-5-13-2-3-18(28)7-14(13)6-17)8-19(26-21(12)27)15-4-16(22)11-23-10-15/h2-4,7-11,17,25,28H,5-6H2,1H3/t17-/m1/s1. The predicted molar refractivity (Wildman–Crippen MR) is 104 cm³/mol. The highest BCUT2D eigenvalue weighted by Crippen LogP contribution is 2.29. The normalized spacial score (nSPS) is 15.7. The monoisotopic (exact) mass is 375 g/mol. The fraction of sp³-hybridized carbons (Fsp3) is 0.190. The lowest BCUT2D eigenvalue weighted by atomic mass is 10.1. The number of aryl methyl sites for hydroxylation is 1. The lowest BCUT2D eigenvalue weighted by Gasteiger charge is -2.16. The van der Waals surface area contributed by atoms with Gasteiger partial charge in [0.25, 0.3) is 0 Å². The number of fused-ring (bicyclic) bond motifs is 2. The zero-order chi connectivity index (χ0) is 19.3. The molecule has 28 heavy (non-hydrogen) atoms. The van der Waals surface area contributed by atoms with Crippen LogP contribution in [-0.2, 0) is 12.8 Å². The maximum Gasteiger partial charge on any atom is 0.160 e. The molecule has 3 aromatic heterocycles. The van der Waals surface area contributed by atoms with Gasteiger partial charge in [-0.2, -0.15) is 9.61 Å². The van der Waals surface area contributed by atoms with E-state index >= 15 is 0 Å². The van der Waals surface area contributed by atoms with Gasteiger partial charge < -0.3 is 10.4 Å². The number of anilines is 1. The Bertz CT molecular complexity index is 1200. The summed E-state index contributed by atoms with van der Waals surface area (Å²) in [6.45, 7) is 1.95. The van der Waals surface area contributed by atoms with E-state index < -0.39 is 5.82 Å². The molecule has 0 radical (unpaired) electrons. The molecule has 1 aromatic carbocycles. The van der Waals surface area contributed by atoms with Gasteiger partial charge in [0, 0.05) is 29.4 Å². The molecule has 0 aliphatic heterocycles. The Labute approximate surface area is 160 Å². The van der Waals surface area contributed by atoms with Gasteiger partial charge in [0.2, 0.25) is 0 Å². The third-order valence-corrected chi connectivity index (χ3v) is 5.12. The predicted octanol–water partition coefficient (Wildman–Crippen LogP) is 3.52. The van der Waals surface area contributed by atoms with Gasteiger partial charge in [0.05, 0.1) is 18.1 Å². The largest absolute Gasteiger partial charge is 0.508 e. The van der Waals surface area contributed by atoms with Crippen LogP contribution in [0.3, 0.4) is 0 Å². The molecule has 140 valence electrons. The molecule has 0 spiro atoms. The van der Waals surface area contributed by atoms with Gasteiger partial charge in [-0.05, 0) is 49.1 Å². The molecule has 1 atom stereocenters. The van der Waals surface area contributed by atoms with E-state index in [1.165, 1.54) is 17.8 Å². The van der Waals surface area contributed by atoms with Crippen LogP contribution in [0.5, 0.6) is 5.75 Å². The van der Waals surface area contributed by atoms with Crippen LogP contribution in [0.25, 0.3) is 16.9 Å². The van der Waals surface area contributed by atoms with E-state index in [4.69, 9.17) is 0 Å². The summed E-state index contributed by atoms with van der Waals surface area (Å²) >= 11 is 0. The molecule has 5 rings (SSSR count). The van der Waals surface area contributed by atoms with E-state index in [2.05, 4.69) is 20.4 Å². The second kappa shape index (κ2) is 6.30. The van der Waals surface area contributed by atoms with Crippen molar-refractivity contribution in [2.75, 3.05) is 5.32 Å². The van der Waals surface area contributed by atoms with Gasteiger partial charge in [-0.25, -0.2) is 9.37 Å². The van der Waals surface area contributed by atoms with Crippen molar-refractivity contribution in [3.8, 4) is 17.0 Å². The van der Waals surface area contributed by atoms with Gasteiger partial charge in [-0.1, -0.05) is 6.07 Å². The third-order valence-electron chi connectivity index (χ3n) is 5.12. The SMILES string of the molecule is Cc1cnn2c(N[C@@H]3Cc4ccc(O)cc4C3)cc(-c3cncc(F)c3)nc12. The first-order valence-corrected chi connectivity index (χ1v) is 9.10. The van der Waals surface area contributed by atoms with Crippen LogP contribution in [0.15, 0.2) is 48.9 Å². The minimum Gasteiger partial charge on any atom is -0.508 e. The molecule has 0 bridgehead atoms. The van der Waals surface area contributed by atoms with E-state index in [1.807, 2.05) is 25.1 Å². The Kier molecular flexibility index (Phi) is 3.75. The van der Waals surface area contributed by atoms with Crippen molar-refractivity contribution in [1.29, 1.82) is 0 Å². The van der Waals surface area contributed by atoms with Crippen LogP contribution in [-0.4, -0.2) is 30.7 Å². The zero-order valence-corrected chi connectivity index (χ0v) is 15.2. The van der Waals surface area contributed by atoms with Crippen molar-refractivity contribution in [3.05, 3.63) is 71.4 Å². The van der Waals surface area contributed by atoms with Gasteiger partial charge in [0.1, 0.15) is 17.4 Å². The first-order chi connectivity index (χ1) is 13.6. The Morgan fingerprint density at radius 1 is 1.11 bits per heavy atom. The summed E-state index contributed by atoms with van der Waals surface area (Å²) in [6, 6.07) is 8.98. The first-order valence-electron chi connectivity index (χ1n) is 9.10. The van der Waals surface area contributed by atoms with Crippen LogP contribution in [0.1, 0.15) is 16.7 Å². The minimum atomic E-state index is -0.398. The van der Waals surface area contributed by atoms with E-state index in [-0.39, 0.29) is 11.8 Å². The molecule has 0 amide bonds. The number of benzene rings is 1. The minimum absolute atomic E-state index is 0.172. The second-order valence-corrected chi connectivity index (χ2v) is 7.18. The summed E-state index contributed by atoms with van der Waals surface area (Å²) in [6.07, 6.45) is 6.21. The van der Waals surface area contributed by atoms with Crippen LogP contribution in [0.2, 0.25) is 0 Å². The number of hydrogen-bond donors (Lipinski definition) is 2. The lowest BCUT2D eigenvalue weighted by Crippen LogP contribution is -2.21. The number of phenols is 1. The summed E-state index contributed by atoms with van der Waals surface area (Å²) < 4.78 is 15.4. The van der Waals surface area contributed by atoms with E-state index in [1.54, 1.807) is 23.0 Å². The van der Waals surface area contributed by atoms with E-state index in [0.29, 0.717) is 11.3 Å².